The summed E-state index contributed by atoms with van der Waals surface area (Å²) in [5.41, 5.74) is -3.88. The van der Waals surface area contributed by atoms with Crippen LogP contribution in [0.4, 0.5) is 13.2 Å². The summed E-state index contributed by atoms with van der Waals surface area (Å²) in [5, 5.41) is 11.9. The summed E-state index contributed by atoms with van der Waals surface area (Å²) in [6.07, 6.45) is 5.33. The van der Waals surface area contributed by atoms with Crippen molar-refractivity contribution < 1.29 is 18.0 Å². The number of amides is 1. The second kappa shape index (κ2) is 7.55. The molecule has 0 spiro atoms. The number of nitriles is 1. The van der Waals surface area contributed by atoms with Gasteiger partial charge in [-0.1, -0.05) is 25.0 Å². The molecule has 1 aliphatic carbocycles. The molecule has 1 aromatic carbocycles. The molecule has 2 rings (SSSR count). The Morgan fingerprint density at radius 3 is 2.39 bits per heavy atom. The van der Waals surface area contributed by atoms with E-state index in [0.29, 0.717) is 5.56 Å². The summed E-state index contributed by atoms with van der Waals surface area (Å²) >= 11 is -0.203. The topological polar surface area (TPSA) is 52.9 Å². The van der Waals surface area contributed by atoms with Crippen LogP contribution in [-0.4, -0.2) is 17.5 Å². The fraction of sp³-hybridized carbons (Fsp3) is 0.375. The molecule has 0 saturated heterocycles. The Morgan fingerprint density at radius 2 is 1.87 bits per heavy atom. The van der Waals surface area contributed by atoms with Gasteiger partial charge in [0.1, 0.15) is 11.6 Å². The highest BCUT2D eigenvalue weighted by molar-refractivity contribution is 8.00. The quantitative estimate of drug-likeness (QED) is 0.506. The first kappa shape index (κ1) is 17.4. The molecule has 23 heavy (non-hydrogen) atoms. The zero-order chi connectivity index (χ0) is 16.9. The van der Waals surface area contributed by atoms with E-state index in [1.54, 1.807) is 0 Å². The average molecular weight is 340 g/mol. The molecule has 0 bridgehead atoms. The molecule has 1 aromatic rings. The number of thioether (sulfide) groups is 1. The predicted molar refractivity (Wildman–Crippen MR) is 82.3 cm³/mol. The van der Waals surface area contributed by atoms with Gasteiger partial charge < -0.3 is 5.32 Å². The number of benzene rings is 1. The fourth-order valence-electron chi connectivity index (χ4n) is 2.41. The number of carbonyl (C=O) groups excluding carboxylic acids is 1. The minimum Gasteiger partial charge on any atom is -0.349 e. The lowest BCUT2D eigenvalue weighted by Crippen LogP contribution is -2.33. The highest BCUT2D eigenvalue weighted by Crippen LogP contribution is 2.36. The second-order valence-electron chi connectivity index (χ2n) is 5.24. The van der Waals surface area contributed by atoms with Gasteiger partial charge in [0.25, 0.3) is 5.91 Å². The van der Waals surface area contributed by atoms with E-state index in [-0.39, 0.29) is 28.3 Å². The molecule has 0 radical (unpaired) electrons. The summed E-state index contributed by atoms with van der Waals surface area (Å²) in [6.45, 7) is 0. The number of rotatable bonds is 4. The van der Waals surface area contributed by atoms with E-state index in [1.165, 1.54) is 30.3 Å². The van der Waals surface area contributed by atoms with Gasteiger partial charge in [-0.3, -0.25) is 4.79 Å². The van der Waals surface area contributed by atoms with E-state index in [0.717, 1.165) is 25.7 Å². The number of carbonyl (C=O) groups is 1. The molecule has 0 heterocycles. The van der Waals surface area contributed by atoms with Crippen LogP contribution in [-0.2, 0) is 4.79 Å². The Morgan fingerprint density at radius 1 is 1.26 bits per heavy atom. The van der Waals surface area contributed by atoms with Crippen molar-refractivity contribution in [2.45, 2.75) is 42.1 Å². The SMILES string of the molecule is N#C/C(=C\c1ccc(SC(F)(F)F)cc1)C(=O)NC1CCCC1. The standard InChI is InChI=1S/C16H15F3N2OS/c17-16(18,19)23-14-7-5-11(6-8-14)9-12(10-20)15(22)21-13-3-1-2-4-13/h5-9,13H,1-4H2,(H,21,22)/b12-9+. The first-order chi connectivity index (χ1) is 10.9. The third kappa shape index (κ3) is 5.64. The van der Waals surface area contributed by atoms with Crippen LogP contribution in [0.2, 0.25) is 0 Å². The molecule has 1 fully saturated rings. The number of nitrogens with one attached hydrogen (secondary N) is 1. The maximum Gasteiger partial charge on any atom is 0.446 e. The molecule has 0 aromatic heterocycles. The first-order valence-corrected chi connectivity index (χ1v) is 7.97. The van der Waals surface area contributed by atoms with Crippen molar-refractivity contribution in [3.05, 3.63) is 35.4 Å². The minimum absolute atomic E-state index is 0.0480. The summed E-state index contributed by atoms with van der Waals surface area (Å²) in [6, 6.07) is 7.47. The van der Waals surface area contributed by atoms with E-state index in [1.807, 2.05) is 6.07 Å². The summed E-state index contributed by atoms with van der Waals surface area (Å²) in [4.78, 5) is 12.1. The molecular weight excluding hydrogens is 325 g/mol. The Kier molecular flexibility index (Phi) is 5.72. The number of hydrogen-bond donors (Lipinski definition) is 1. The number of halogens is 3. The number of hydrogen-bond acceptors (Lipinski definition) is 3. The summed E-state index contributed by atoms with van der Waals surface area (Å²) in [7, 11) is 0. The van der Waals surface area contributed by atoms with Crippen LogP contribution in [0.5, 0.6) is 0 Å². The van der Waals surface area contributed by atoms with Gasteiger partial charge in [0.15, 0.2) is 0 Å². The first-order valence-electron chi connectivity index (χ1n) is 7.16. The van der Waals surface area contributed by atoms with Gasteiger partial charge in [0, 0.05) is 10.9 Å². The second-order valence-corrected chi connectivity index (χ2v) is 6.38. The largest absolute Gasteiger partial charge is 0.446 e. The lowest BCUT2D eigenvalue weighted by atomic mass is 10.1. The smallest absolute Gasteiger partial charge is 0.349 e. The van der Waals surface area contributed by atoms with Gasteiger partial charge in [-0.15, -0.1) is 0 Å². The van der Waals surface area contributed by atoms with Crippen molar-refractivity contribution in [2.75, 3.05) is 0 Å². The average Bonchev–Trinajstić information content (AvgIpc) is 2.97. The van der Waals surface area contributed by atoms with E-state index in [4.69, 9.17) is 5.26 Å². The van der Waals surface area contributed by atoms with Crippen LogP contribution < -0.4 is 5.32 Å². The van der Waals surface area contributed by atoms with Crippen molar-refractivity contribution >= 4 is 23.7 Å². The fourth-order valence-corrected chi connectivity index (χ4v) is 2.95. The Labute approximate surface area is 136 Å². The highest BCUT2D eigenvalue weighted by atomic mass is 32.2. The Balaban J connectivity index is 2.05. The van der Waals surface area contributed by atoms with Crippen LogP contribution in [0.3, 0.4) is 0 Å². The molecule has 0 aliphatic heterocycles. The zero-order valence-corrected chi connectivity index (χ0v) is 13.0. The van der Waals surface area contributed by atoms with Crippen molar-refractivity contribution in [3.8, 4) is 6.07 Å². The van der Waals surface area contributed by atoms with Crippen molar-refractivity contribution in [1.29, 1.82) is 5.26 Å². The lowest BCUT2D eigenvalue weighted by Gasteiger charge is -2.11. The van der Waals surface area contributed by atoms with Crippen LogP contribution in [0.15, 0.2) is 34.7 Å². The van der Waals surface area contributed by atoms with Gasteiger partial charge in [0.2, 0.25) is 0 Å². The molecule has 1 N–H and O–H groups in total. The maximum atomic E-state index is 12.3. The van der Waals surface area contributed by atoms with Crippen LogP contribution in [0, 0.1) is 11.3 Å². The zero-order valence-electron chi connectivity index (χ0n) is 12.2. The predicted octanol–water partition coefficient (Wildman–Crippen LogP) is 4.26. The van der Waals surface area contributed by atoms with Gasteiger partial charge in [-0.2, -0.15) is 18.4 Å². The number of alkyl halides is 3. The molecule has 3 nitrogen and oxygen atoms in total. The van der Waals surface area contributed by atoms with Crippen LogP contribution in [0.1, 0.15) is 31.2 Å². The third-order valence-electron chi connectivity index (χ3n) is 3.48. The molecule has 0 unspecified atom stereocenters. The van der Waals surface area contributed by atoms with Gasteiger partial charge in [-0.25, -0.2) is 0 Å². The molecule has 1 amide bonds. The van der Waals surface area contributed by atoms with E-state index >= 15 is 0 Å². The highest BCUT2D eigenvalue weighted by Gasteiger charge is 2.29. The van der Waals surface area contributed by atoms with E-state index < -0.39 is 11.4 Å². The minimum atomic E-state index is -4.34. The third-order valence-corrected chi connectivity index (χ3v) is 4.22. The van der Waals surface area contributed by atoms with Crippen molar-refractivity contribution in [2.24, 2.45) is 0 Å². The normalized spacial score (nSPS) is 16.2. The number of nitrogens with zero attached hydrogens (tertiary/aromatic N) is 1. The van der Waals surface area contributed by atoms with Crippen molar-refractivity contribution in [1.82, 2.24) is 5.32 Å². The van der Waals surface area contributed by atoms with Gasteiger partial charge >= 0.3 is 5.51 Å². The monoisotopic (exact) mass is 340 g/mol. The van der Waals surface area contributed by atoms with Crippen LogP contribution >= 0.6 is 11.8 Å². The molecule has 1 saturated carbocycles. The van der Waals surface area contributed by atoms with E-state index in [2.05, 4.69) is 5.32 Å². The lowest BCUT2D eigenvalue weighted by molar-refractivity contribution is -0.117. The summed E-state index contributed by atoms with van der Waals surface area (Å²) < 4.78 is 36.8. The van der Waals surface area contributed by atoms with Gasteiger partial charge in [-0.05, 0) is 48.4 Å². The Bertz CT molecular complexity index is 626. The van der Waals surface area contributed by atoms with Crippen molar-refractivity contribution in [3.63, 3.8) is 0 Å². The molecule has 0 atom stereocenters. The molecular formula is C16H15F3N2OS. The molecule has 122 valence electrons. The molecule has 7 heteroatoms. The molecule has 1 aliphatic rings. The van der Waals surface area contributed by atoms with E-state index in [9.17, 15) is 18.0 Å². The Hall–Kier alpha value is -1.94. The summed E-state index contributed by atoms with van der Waals surface area (Å²) in [5.74, 6) is -0.437. The van der Waals surface area contributed by atoms with Crippen LogP contribution in [0.25, 0.3) is 6.08 Å². The maximum absolute atomic E-state index is 12.3. The van der Waals surface area contributed by atoms with Gasteiger partial charge in [0.05, 0.1) is 0 Å².